The first-order valence-corrected chi connectivity index (χ1v) is 5.18. The Morgan fingerprint density at radius 2 is 2.11 bits per heavy atom. The second-order valence-corrected chi connectivity index (χ2v) is 3.87. The Bertz CT molecular complexity index is 633. The summed E-state index contributed by atoms with van der Waals surface area (Å²) in [6.07, 6.45) is -1.87. The van der Waals surface area contributed by atoms with Crippen LogP contribution in [0.5, 0.6) is 0 Å². The number of aromatic nitrogens is 3. The summed E-state index contributed by atoms with van der Waals surface area (Å²) < 4.78 is 38.2. The molecule has 0 aromatic carbocycles. The summed E-state index contributed by atoms with van der Waals surface area (Å²) in [6.45, 7) is 1.65. The number of pyridine rings is 1. The Morgan fingerprint density at radius 1 is 1.42 bits per heavy atom. The van der Waals surface area contributed by atoms with Gasteiger partial charge >= 0.3 is 6.18 Å². The standard InChI is InChI=1S/C11H9F3N4O/c1-5-4-16-3-2-6(5)8-7(10(15)19)9(18-17-8)11(12,13)14/h2-4H,1H3,(H2,15,19)(H,17,18). The van der Waals surface area contributed by atoms with Gasteiger partial charge in [-0.2, -0.15) is 18.3 Å². The van der Waals surface area contributed by atoms with Crippen LogP contribution >= 0.6 is 0 Å². The van der Waals surface area contributed by atoms with Gasteiger partial charge in [0.2, 0.25) is 0 Å². The molecule has 3 N–H and O–H groups in total. The summed E-state index contributed by atoms with van der Waals surface area (Å²) >= 11 is 0. The van der Waals surface area contributed by atoms with Crippen LogP contribution in [0.2, 0.25) is 0 Å². The van der Waals surface area contributed by atoms with Gasteiger partial charge in [0.1, 0.15) is 5.69 Å². The first-order valence-electron chi connectivity index (χ1n) is 5.18. The van der Waals surface area contributed by atoms with E-state index in [2.05, 4.69) is 10.1 Å². The quantitative estimate of drug-likeness (QED) is 0.874. The number of rotatable bonds is 2. The Labute approximate surface area is 105 Å². The van der Waals surface area contributed by atoms with Crippen LogP contribution in [0.25, 0.3) is 11.3 Å². The number of nitrogens with one attached hydrogen (secondary N) is 1. The number of primary amides is 1. The molecule has 0 unspecified atom stereocenters. The van der Waals surface area contributed by atoms with Gasteiger partial charge in [0, 0.05) is 18.0 Å². The molecule has 2 aromatic heterocycles. The molecule has 0 aliphatic heterocycles. The van der Waals surface area contributed by atoms with Crippen LogP contribution in [-0.2, 0) is 6.18 Å². The molecule has 5 nitrogen and oxygen atoms in total. The maximum atomic E-state index is 12.7. The van der Waals surface area contributed by atoms with Crippen LogP contribution in [0.3, 0.4) is 0 Å². The molecule has 0 saturated heterocycles. The number of aromatic amines is 1. The Balaban J connectivity index is 2.70. The number of carbonyl (C=O) groups excluding carboxylic acids is 1. The van der Waals surface area contributed by atoms with E-state index in [1.54, 1.807) is 6.92 Å². The van der Waals surface area contributed by atoms with Crippen molar-refractivity contribution in [3.05, 3.63) is 35.3 Å². The molecule has 0 atom stereocenters. The number of H-pyrrole nitrogens is 1. The number of carbonyl (C=O) groups is 1. The number of hydrogen-bond donors (Lipinski definition) is 2. The van der Waals surface area contributed by atoms with Crippen molar-refractivity contribution in [1.29, 1.82) is 0 Å². The van der Waals surface area contributed by atoms with Crippen molar-refractivity contribution >= 4 is 5.91 Å². The monoisotopic (exact) mass is 270 g/mol. The molecule has 0 aliphatic rings. The fourth-order valence-electron chi connectivity index (χ4n) is 1.72. The molecule has 8 heteroatoms. The second-order valence-electron chi connectivity index (χ2n) is 3.87. The van der Waals surface area contributed by atoms with E-state index in [1.807, 2.05) is 5.10 Å². The molecule has 1 amide bonds. The molecule has 0 aliphatic carbocycles. The van der Waals surface area contributed by atoms with E-state index in [-0.39, 0.29) is 5.69 Å². The minimum absolute atomic E-state index is 0.125. The van der Waals surface area contributed by atoms with E-state index in [4.69, 9.17) is 5.73 Å². The van der Waals surface area contributed by atoms with Gasteiger partial charge in [-0.05, 0) is 18.6 Å². The molecule has 0 bridgehead atoms. The molecule has 0 saturated carbocycles. The fraction of sp³-hybridized carbons (Fsp3) is 0.182. The Kier molecular flexibility index (Phi) is 3.01. The average molecular weight is 270 g/mol. The lowest BCUT2D eigenvalue weighted by Gasteiger charge is -2.06. The second kappa shape index (κ2) is 4.38. The van der Waals surface area contributed by atoms with Crippen molar-refractivity contribution in [2.24, 2.45) is 5.73 Å². The van der Waals surface area contributed by atoms with Crippen LogP contribution in [0, 0.1) is 6.92 Å². The van der Waals surface area contributed by atoms with Gasteiger partial charge in [-0.3, -0.25) is 14.9 Å². The fourth-order valence-corrected chi connectivity index (χ4v) is 1.72. The highest BCUT2D eigenvalue weighted by atomic mass is 19.4. The van der Waals surface area contributed by atoms with Crippen molar-refractivity contribution in [3.63, 3.8) is 0 Å². The predicted octanol–water partition coefficient (Wildman–Crippen LogP) is 1.90. The van der Waals surface area contributed by atoms with E-state index in [0.717, 1.165) is 0 Å². The largest absolute Gasteiger partial charge is 0.433 e. The summed E-state index contributed by atoms with van der Waals surface area (Å²) in [5.41, 5.74) is 3.95. The zero-order valence-corrected chi connectivity index (χ0v) is 9.75. The highest BCUT2D eigenvalue weighted by Gasteiger charge is 2.39. The first kappa shape index (κ1) is 13.1. The Morgan fingerprint density at radius 3 is 2.63 bits per heavy atom. The Hall–Kier alpha value is -2.38. The third-order valence-corrected chi connectivity index (χ3v) is 2.57. The number of amides is 1. The van der Waals surface area contributed by atoms with Gasteiger partial charge in [0.25, 0.3) is 5.91 Å². The SMILES string of the molecule is Cc1cnccc1-c1n[nH]c(C(F)(F)F)c1C(N)=O. The lowest BCUT2D eigenvalue weighted by molar-refractivity contribution is -0.141. The van der Waals surface area contributed by atoms with Crippen molar-refractivity contribution in [1.82, 2.24) is 15.2 Å². The van der Waals surface area contributed by atoms with Crippen LogP contribution < -0.4 is 5.73 Å². The van der Waals surface area contributed by atoms with E-state index in [9.17, 15) is 18.0 Å². The van der Waals surface area contributed by atoms with Gasteiger partial charge in [-0.15, -0.1) is 0 Å². The first-order chi connectivity index (χ1) is 8.82. The van der Waals surface area contributed by atoms with Gasteiger partial charge in [-0.1, -0.05) is 0 Å². The van der Waals surface area contributed by atoms with E-state index < -0.39 is 23.3 Å². The predicted molar refractivity (Wildman–Crippen MR) is 60.1 cm³/mol. The van der Waals surface area contributed by atoms with Gasteiger partial charge in [0.15, 0.2) is 5.69 Å². The number of alkyl halides is 3. The molecule has 0 spiro atoms. The normalized spacial score (nSPS) is 11.6. The number of nitrogens with two attached hydrogens (primary N) is 1. The zero-order valence-electron chi connectivity index (χ0n) is 9.75. The number of hydrogen-bond acceptors (Lipinski definition) is 3. The highest BCUT2D eigenvalue weighted by molar-refractivity contribution is 6.00. The van der Waals surface area contributed by atoms with Gasteiger partial charge in [-0.25, -0.2) is 0 Å². The van der Waals surface area contributed by atoms with E-state index in [0.29, 0.717) is 11.1 Å². The van der Waals surface area contributed by atoms with Gasteiger partial charge in [0.05, 0.1) is 5.56 Å². The number of aryl methyl sites for hydroxylation is 1. The van der Waals surface area contributed by atoms with Crippen molar-refractivity contribution < 1.29 is 18.0 Å². The lowest BCUT2D eigenvalue weighted by atomic mass is 10.0. The van der Waals surface area contributed by atoms with Crippen LogP contribution in [0.4, 0.5) is 13.2 Å². The molecule has 0 fully saturated rings. The molecule has 19 heavy (non-hydrogen) atoms. The van der Waals surface area contributed by atoms with Crippen molar-refractivity contribution in [3.8, 4) is 11.3 Å². The molecular formula is C11H9F3N4O. The average Bonchev–Trinajstić information content (AvgIpc) is 2.73. The summed E-state index contributed by atoms with van der Waals surface area (Å²) in [7, 11) is 0. The minimum atomic E-state index is -4.73. The summed E-state index contributed by atoms with van der Waals surface area (Å²) in [4.78, 5) is 15.1. The molecular weight excluding hydrogens is 261 g/mol. The zero-order chi connectivity index (χ0) is 14.2. The molecule has 2 heterocycles. The molecule has 100 valence electrons. The summed E-state index contributed by atoms with van der Waals surface area (Å²) in [6, 6.07) is 1.47. The van der Waals surface area contributed by atoms with Crippen LogP contribution in [0.15, 0.2) is 18.5 Å². The maximum Gasteiger partial charge on any atom is 0.433 e. The third-order valence-electron chi connectivity index (χ3n) is 2.57. The van der Waals surface area contributed by atoms with Crippen LogP contribution in [0.1, 0.15) is 21.6 Å². The van der Waals surface area contributed by atoms with Crippen molar-refractivity contribution in [2.75, 3.05) is 0 Å². The minimum Gasteiger partial charge on any atom is -0.365 e. The molecule has 2 aromatic rings. The molecule has 0 radical (unpaired) electrons. The number of halogens is 3. The van der Waals surface area contributed by atoms with E-state index >= 15 is 0 Å². The van der Waals surface area contributed by atoms with Crippen LogP contribution in [-0.4, -0.2) is 21.1 Å². The van der Waals surface area contributed by atoms with Gasteiger partial charge < -0.3 is 5.73 Å². The smallest absolute Gasteiger partial charge is 0.365 e. The van der Waals surface area contributed by atoms with Crippen molar-refractivity contribution in [2.45, 2.75) is 13.1 Å². The van der Waals surface area contributed by atoms with E-state index in [1.165, 1.54) is 18.5 Å². The highest BCUT2D eigenvalue weighted by Crippen LogP contribution is 2.35. The maximum absolute atomic E-state index is 12.7. The third kappa shape index (κ3) is 2.28. The summed E-state index contributed by atoms with van der Waals surface area (Å²) in [5.74, 6) is -1.19. The topological polar surface area (TPSA) is 84.7 Å². The number of nitrogens with zero attached hydrogens (tertiary/aromatic N) is 2. The summed E-state index contributed by atoms with van der Waals surface area (Å²) in [5, 5.41) is 5.39. The lowest BCUT2D eigenvalue weighted by Crippen LogP contribution is -2.18. The molecule has 2 rings (SSSR count).